The van der Waals surface area contributed by atoms with Crippen LogP contribution in [0.25, 0.3) is 0 Å². The number of unbranched alkanes of at least 4 members (excludes halogenated alkanes) is 11. The minimum atomic E-state index is -0.0347. The lowest BCUT2D eigenvalue weighted by atomic mass is 10.1. The fourth-order valence-corrected chi connectivity index (χ4v) is 2.69. The molecule has 0 radical (unpaired) electrons. The van der Waals surface area contributed by atoms with Gasteiger partial charge >= 0.3 is 5.97 Å². The molecule has 0 atom stereocenters. The van der Waals surface area contributed by atoms with Crippen molar-refractivity contribution >= 4 is 5.97 Å². The topological polar surface area (TPSA) is 26.3 Å². The zero-order chi connectivity index (χ0) is 19.1. The van der Waals surface area contributed by atoms with Gasteiger partial charge in [0.1, 0.15) is 0 Å². The Morgan fingerprint density at radius 2 is 1.46 bits per heavy atom. The van der Waals surface area contributed by atoms with E-state index in [0.717, 1.165) is 38.5 Å². The molecule has 0 heterocycles. The molecule has 0 saturated carbocycles. The van der Waals surface area contributed by atoms with Gasteiger partial charge in [0.2, 0.25) is 0 Å². The van der Waals surface area contributed by atoms with E-state index in [9.17, 15) is 4.79 Å². The van der Waals surface area contributed by atoms with Crippen LogP contribution >= 0.6 is 0 Å². The van der Waals surface area contributed by atoms with Gasteiger partial charge in [0.05, 0.1) is 6.61 Å². The Bertz CT molecular complexity index is 468. The second-order valence-electron chi connectivity index (χ2n) is 6.62. The van der Waals surface area contributed by atoms with E-state index in [0.29, 0.717) is 13.0 Å². The number of hydrogen-bond acceptors (Lipinski definition) is 2. The highest BCUT2D eigenvalue weighted by Crippen LogP contribution is 2.11. The molecule has 0 fully saturated rings. The summed E-state index contributed by atoms with van der Waals surface area (Å²) < 4.78 is 5.27. The largest absolute Gasteiger partial charge is 0.466 e. The molecule has 0 aromatic carbocycles. The Morgan fingerprint density at radius 1 is 0.808 bits per heavy atom. The first-order valence-corrected chi connectivity index (χ1v) is 10.4. The Morgan fingerprint density at radius 3 is 2.12 bits per heavy atom. The van der Waals surface area contributed by atoms with Gasteiger partial charge in [-0.15, -0.1) is 17.8 Å². The highest BCUT2D eigenvalue weighted by molar-refractivity contribution is 5.69. The summed E-state index contributed by atoms with van der Waals surface area (Å²) in [5, 5.41) is 0. The highest BCUT2D eigenvalue weighted by atomic mass is 16.5. The number of rotatable bonds is 16. The summed E-state index contributed by atoms with van der Waals surface area (Å²) in [6.07, 6.45) is 19.7. The van der Waals surface area contributed by atoms with Crippen molar-refractivity contribution in [3.63, 3.8) is 0 Å². The van der Waals surface area contributed by atoms with E-state index in [1.807, 2.05) is 19.9 Å². The van der Waals surface area contributed by atoms with Crippen LogP contribution < -0.4 is 0 Å². The van der Waals surface area contributed by atoms with E-state index in [2.05, 4.69) is 29.8 Å². The van der Waals surface area contributed by atoms with Crippen molar-refractivity contribution in [3.05, 3.63) is 12.2 Å². The quantitative estimate of drug-likeness (QED) is 0.177. The molecule has 146 valence electrons. The van der Waals surface area contributed by atoms with Gasteiger partial charge < -0.3 is 4.74 Å². The Kier molecular flexibility index (Phi) is 20.0. The van der Waals surface area contributed by atoms with Gasteiger partial charge in [-0.2, -0.15) is 0 Å². The van der Waals surface area contributed by atoms with E-state index >= 15 is 0 Å². The number of ether oxygens (including phenoxy) is 1. The van der Waals surface area contributed by atoms with Crippen LogP contribution in [0.2, 0.25) is 0 Å². The van der Waals surface area contributed by atoms with Crippen molar-refractivity contribution in [1.29, 1.82) is 0 Å². The molecular weight excluding hydrogens is 320 g/mol. The second-order valence-corrected chi connectivity index (χ2v) is 6.62. The lowest BCUT2D eigenvalue weighted by molar-refractivity contribution is -0.143. The second kappa shape index (κ2) is 21.4. The Labute approximate surface area is 162 Å². The number of esters is 1. The van der Waals surface area contributed by atoms with Crippen LogP contribution in [-0.4, -0.2) is 12.6 Å². The summed E-state index contributed by atoms with van der Waals surface area (Å²) in [7, 11) is 0. The maximum Gasteiger partial charge on any atom is 0.305 e. The molecule has 0 aliphatic heterocycles. The fraction of sp³-hybridized carbons (Fsp3) is 0.708. The standard InChI is InChI=1S/C24H38O2/c1-3-5-7-9-11-12-13-14-15-16-18-20-22-24(25)26-23-21-19-17-10-8-6-4-2/h8,10H,7,9,11-23H2,1-2H3/b10-8+. The molecule has 26 heavy (non-hydrogen) atoms. The molecule has 0 spiro atoms. The minimum Gasteiger partial charge on any atom is -0.466 e. The molecule has 0 N–H and O–H groups in total. The number of carbonyl (C=O) groups excluding carboxylic acids is 1. The average Bonchev–Trinajstić information content (AvgIpc) is 2.65. The summed E-state index contributed by atoms with van der Waals surface area (Å²) in [5.41, 5.74) is 0. The van der Waals surface area contributed by atoms with Crippen molar-refractivity contribution in [3.8, 4) is 23.7 Å². The van der Waals surface area contributed by atoms with E-state index in [1.165, 1.54) is 44.9 Å². The predicted molar refractivity (Wildman–Crippen MR) is 112 cm³/mol. The monoisotopic (exact) mass is 358 g/mol. The predicted octanol–water partition coefficient (Wildman–Crippen LogP) is 6.59. The molecule has 0 amide bonds. The normalized spacial score (nSPS) is 10.1. The summed E-state index contributed by atoms with van der Waals surface area (Å²) in [4.78, 5) is 11.6. The molecule has 0 aliphatic carbocycles. The van der Waals surface area contributed by atoms with Crippen LogP contribution in [0, 0.1) is 23.7 Å². The molecule has 2 nitrogen and oxygen atoms in total. The van der Waals surface area contributed by atoms with Gasteiger partial charge in [-0.25, -0.2) is 0 Å². The van der Waals surface area contributed by atoms with Crippen molar-refractivity contribution in [1.82, 2.24) is 0 Å². The first-order chi connectivity index (χ1) is 12.8. The molecule has 0 aromatic heterocycles. The van der Waals surface area contributed by atoms with E-state index in [-0.39, 0.29) is 5.97 Å². The van der Waals surface area contributed by atoms with Gasteiger partial charge in [-0.05, 0) is 52.0 Å². The Balaban J connectivity index is 3.23. The van der Waals surface area contributed by atoms with Crippen LogP contribution in [0.1, 0.15) is 104 Å². The van der Waals surface area contributed by atoms with Crippen molar-refractivity contribution in [2.75, 3.05) is 6.61 Å². The van der Waals surface area contributed by atoms with Crippen LogP contribution in [0.4, 0.5) is 0 Å². The molecule has 0 unspecified atom stereocenters. The number of allylic oxidation sites excluding steroid dienone is 2. The van der Waals surface area contributed by atoms with Crippen LogP contribution in [-0.2, 0) is 9.53 Å². The molecule has 0 rings (SSSR count). The first-order valence-electron chi connectivity index (χ1n) is 10.4. The maximum absolute atomic E-state index is 11.6. The lowest BCUT2D eigenvalue weighted by Gasteiger charge is -2.04. The van der Waals surface area contributed by atoms with Crippen molar-refractivity contribution in [2.24, 2.45) is 0 Å². The third kappa shape index (κ3) is 20.4. The zero-order valence-electron chi connectivity index (χ0n) is 17.1. The van der Waals surface area contributed by atoms with E-state index in [4.69, 9.17) is 4.74 Å². The lowest BCUT2D eigenvalue weighted by Crippen LogP contribution is -2.05. The van der Waals surface area contributed by atoms with Crippen LogP contribution in [0.5, 0.6) is 0 Å². The third-order valence-electron chi connectivity index (χ3n) is 4.23. The fourth-order valence-electron chi connectivity index (χ4n) is 2.69. The SMILES string of the molecule is CC#C/C=C/CCCCOC(=O)CCCCCCCCCCCC#CC. The summed E-state index contributed by atoms with van der Waals surface area (Å²) in [5.74, 6) is 11.7. The molecule has 0 aromatic rings. The summed E-state index contributed by atoms with van der Waals surface area (Å²) >= 11 is 0. The first kappa shape index (κ1) is 24.3. The van der Waals surface area contributed by atoms with Gasteiger partial charge in [0, 0.05) is 12.8 Å². The Hall–Kier alpha value is -1.67. The molecule has 0 aliphatic rings. The van der Waals surface area contributed by atoms with E-state index in [1.54, 1.807) is 0 Å². The minimum absolute atomic E-state index is 0.0347. The van der Waals surface area contributed by atoms with Gasteiger partial charge in [-0.1, -0.05) is 56.9 Å². The summed E-state index contributed by atoms with van der Waals surface area (Å²) in [6.45, 7) is 4.29. The third-order valence-corrected chi connectivity index (χ3v) is 4.23. The maximum atomic E-state index is 11.6. The van der Waals surface area contributed by atoms with Gasteiger partial charge in [0.15, 0.2) is 0 Å². The van der Waals surface area contributed by atoms with Gasteiger partial charge in [0.25, 0.3) is 0 Å². The number of carbonyl (C=O) groups is 1. The summed E-state index contributed by atoms with van der Waals surface area (Å²) in [6, 6.07) is 0. The zero-order valence-corrected chi connectivity index (χ0v) is 17.1. The molecule has 2 heteroatoms. The molecule has 0 saturated heterocycles. The van der Waals surface area contributed by atoms with Crippen molar-refractivity contribution in [2.45, 2.75) is 104 Å². The molecular formula is C24H38O2. The smallest absolute Gasteiger partial charge is 0.305 e. The number of hydrogen-bond donors (Lipinski definition) is 0. The van der Waals surface area contributed by atoms with E-state index < -0.39 is 0 Å². The van der Waals surface area contributed by atoms with Crippen LogP contribution in [0.15, 0.2) is 12.2 Å². The molecule has 0 bridgehead atoms. The van der Waals surface area contributed by atoms with Gasteiger partial charge in [-0.3, -0.25) is 4.79 Å². The highest BCUT2D eigenvalue weighted by Gasteiger charge is 2.02. The van der Waals surface area contributed by atoms with Crippen LogP contribution in [0.3, 0.4) is 0 Å². The van der Waals surface area contributed by atoms with Crippen molar-refractivity contribution < 1.29 is 9.53 Å². The average molecular weight is 359 g/mol.